The Balaban J connectivity index is 4.57. The summed E-state index contributed by atoms with van der Waals surface area (Å²) in [5, 5.41) is 97.3. The molecule has 0 aromatic heterocycles. The molecule has 0 spiro atoms. The molecule has 0 rings (SSSR count). The summed E-state index contributed by atoms with van der Waals surface area (Å²) < 4.78 is 26.5. The maximum absolute atomic E-state index is 12.8. The van der Waals surface area contributed by atoms with Crippen LogP contribution in [0.25, 0.3) is 0 Å². The Morgan fingerprint density at radius 2 is 1.00 bits per heavy atom. The Morgan fingerprint density at radius 3 is 1.44 bits per heavy atom. The zero-order valence-corrected chi connectivity index (χ0v) is 26.1. The first-order valence-corrected chi connectivity index (χ1v) is 14.5. The molecule has 18 heteroatoms. The molecule has 0 heterocycles. The van der Waals surface area contributed by atoms with Gasteiger partial charge in [-0.1, -0.05) is 0 Å². The molecule has 0 bridgehead atoms. The minimum absolute atomic E-state index is 0.0506. The van der Waals surface area contributed by atoms with Gasteiger partial charge in [0.1, 0.15) is 48.3 Å². The van der Waals surface area contributed by atoms with Crippen molar-refractivity contribution in [3.63, 3.8) is 0 Å². The molecule has 0 aliphatic heterocycles. The van der Waals surface area contributed by atoms with E-state index in [1.165, 1.54) is 0 Å². The van der Waals surface area contributed by atoms with Gasteiger partial charge in [-0.2, -0.15) is 0 Å². The van der Waals surface area contributed by atoms with E-state index < -0.39 is 80.1 Å². The molecule has 0 fully saturated rings. The van der Waals surface area contributed by atoms with Gasteiger partial charge in [0.15, 0.2) is 6.10 Å². The predicted octanol–water partition coefficient (Wildman–Crippen LogP) is -5.51. The van der Waals surface area contributed by atoms with Crippen molar-refractivity contribution in [2.24, 2.45) is 0 Å². The SMILES string of the molecule is CC(C)(C)OC(=O)CCOCCOCCOCCOCCN(C[C@H](O)[C@@H](O)[C@H](O)[C@H](O)CO)C(=O)[C@H](O)[C@@H](O)[C@H](O)[C@H](O)CO. The van der Waals surface area contributed by atoms with Crippen LogP contribution in [0.2, 0.25) is 0 Å². The minimum atomic E-state index is -2.34. The van der Waals surface area contributed by atoms with Crippen LogP contribution in [0.4, 0.5) is 0 Å². The van der Waals surface area contributed by atoms with Gasteiger partial charge in [-0.3, -0.25) is 9.59 Å². The third-order valence-corrected chi connectivity index (χ3v) is 6.04. The second-order valence-corrected chi connectivity index (χ2v) is 11.0. The van der Waals surface area contributed by atoms with Gasteiger partial charge in [-0.25, -0.2) is 0 Å². The summed E-state index contributed by atoms with van der Waals surface area (Å²) in [6.45, 7) is 3.57. The van der Waals surface area contributed by atoms with E-state index in [0.29, 0.717) is 0 Å². The van der Waals surface area contributed by atoms with E-state index in [1.54, 1.807) is 20.8 Å². The molecule has 18 nitrogen and oxygen atoms in total. The molecule has 0 aliphatic carbocycles. The Morgan fingerprint density at radius 1 is 0.600 bits per heavy atom. The van der Waals surface area contributed by atoms with Gasteiger partial charge in [0.25, 0.3) is 5.91 Å². The summed E-state index contributed by atoms with van der Waals surface area (Å²) in [6.07, 6.45) is -16.2. The summed E-state index contributed by atoms with van der Waals surface area (Å²) in [7, 11) is 0. The number of esters is 1. The second kappa shape index (κ2) is 23.7. The number of aliphatic hydroxyl groups excluding tert-OH is 10. The Hall–Kier alpha value is -1.62. The third kappa shape index (κ3) is 19.0. The first-order chi connectivity index (χ1) is 21.1. The largest absolute Gasteiger partial charge is 0.460 e. The van der Waals surface area contributed by atoms with E-state index in [4.69, 9.17) is 33.9 Å². The number of aliphatic hydroxyl groups is 10. The second-order valence-electron chi connectivity index (χ2n) is 11.0. The van der Waals surface area contributed by atoms with Gasteiger partial charge in [-0.05, 0) is 20.8 Å². The van der Waals surface area contributed by atoms with Gasteiger partial charge in [0.05, 0.1) is 72.5 Å². The number of hydrogen-bond acceptors (Lipinski definition) is 17. The number of rotatable bonds is 26. The van der Waals surface area contributed by atoms with E-state index in [2.05, 4.69) is 0 Å². The van der Waals surface area contributed by atoms with E-state index in [9.17, 15) is 50.4 Å². The molecule has 45 heavy (non-hydrogen) atoms. The predicted molar refractivity (Wildman–Crippen MR) is 153 cm³/mol. The quantitative estimate of drug-likeness (QED) is 0.0305. The Labute approximate surface area is 262 Å². The molecule has 0 aromatic rings. The summed E-state index contributed by atoms with van der Waals surface area (Å²) in [4.78, 5) is 25.2. The lowest BCUT2D eigenvalue weighted by molar-refractivity contribution is -0.163. The molecule has 268 valence electrons. The van der Waals surface area contributed by atoms with Crippen molar-refractivity contribution in [2.75, 3.05) is 79.2 Å². The molecular formula is C27H53NO17. The van der Waals surface area contributed by atoms with E-state index in [-0.39, 0.29) is 71.8 Å². The van der Waals surface area contributed by atoms with Crippen molar-refractivity contribution >= 4 is 11.9 Å². The fraction of sp³-hybridized carbons (Fsp3) is 0.926. The maximum Gasteiger partial charge on any atom is 0.308 e. The standard InChI is InChI=1S/C27H53NO17/c1-27(2,3)45-20(34)4-6-41-8-10-43-12-13-44-11-9-42-7-5-28(14-17(31)21(35)22(36)18(32)15-29)26(40)25(39)24(38)23(37)19(33)16-30/h17-19,21-25,29-33,35-39H,4-16H2,1-3H3/t17-,18+,19+,21+,22+,23+,24-,25+/m0/s1. The zero-order chi connectivity index (χ0) is 34.6. The molecule has 0 aliphatic rings. The van der Waals surface area contributed by atoms with E-state index in [0.717, 1.165) is 4.90 Å². The Kier molecular flexibility index (Phi) is 22.8. The maximum atomic E-state index is 12.8. The average molecular weight is 664 g/mol. The van der Waals surface area contributed by atoms with Gasteiger partial charge in [0.2, 0.25) is 0 Å². The summed E-state index contributed by atoms with van der Waals surface area (Å²) in [5.41, 5.74) is -0.552. The lowest BCUT2D eigenvalue weighted by atomic mass is 10.0. The lowest BCUT2D eigenvalue weighted by Crippen LogP contribution is -2.56. The molecule has 10 N–H and O–H groups in total. The van der Waals surface area contributed by atoms with Crippen LogP contribution in [0.5, 0.6) is 0 Å². The molecule has 0 unspecified atom stereocenters. The normalized spacial score (nSPS) is 17.5. The smallest absolute Gasteiger partial charge is 0.308 e. The third-order valence-electron chi connectivity index (χ3n) is 6.04. The molecule has 1 amide bonds. The summed E-state index contributed by atoms with van der Waals surface area (Å²) in [6, 6.07) is 0. The van der Waals surface area contributed by atoms with Gasteiger partial charge in [0, 0.05) is 13.1 Å². The summed E-state index contributed by atoms with van der Waals surface area (Å²) in [5.74, 6) is -1.61. The minimum Gasteiger partial charge on any atom is -0.460 e. The van der Waals surface area contributed by atoms with Crippen LogP contribution in [0.3, 0.4) is 0 Å². The monoisotopic (exact) mass is 663 g/mol. The van der Waals surface area contributed by atoms with Gasteiger partial charge >= 0.3 is 5.97 Å². The first-order valence-electron chi connectivity index (χ1n) is 14.5. The van der Waals surface area contributed by atoms with Gasteiger partial charge < -0.3 is 79.6 Å². The van der Waals surface area contributed by atoms with Crippen LogP contribution in [-0.4, -0.2) is 201 Å². The molecule has 0 saturated carbocycles. The average Bonchev–Trinajstić information content (AvgIpc) is 3.00. The van der Waals surface area contributed by atoms with Crippen LogP contribution in [0, 0.1) is 0 Å². The van der Waals surface area contributed by atoms with Crippen LogP contribution in [0.1, 0.15) is 27.2 Å². The molecular weight excluding hydrogens is 610 g/mol. The zero-order valence-electron chi connectivity index (χ0n) is 26.1. The van der Waals surface area contributed by atoms with Crippen molar-refractivity contribution < 1.29 is 84.3 Å². The lowest BCUT2D eigenvalue weighted by Gasteiger charge is -2.33. The van der Waals surface area contributed by atoms with Crippen LogP contribution in [-0.2, 0) is 33.3 Å². The number of nitrogens with zero attached hydrogens (tertiary/aromatic N) is 1. The molecule has 0 aromatic carbocycles. The molecule has 8 atom stereocenters. The fourth-order valence-corrected chi connectivity index (χ4v) is 3.53. The topological polar surface area (TPSA) is 286 Å². The highest BCUT2D eigenvalue weighted by molar-refractivity contribution is 5.81. The van der Waals surface area contributed by atoms with Crippen molar-refractivity contribution in [1.29, 1.82) is 0 Å². The van der Waals surface area contributed by atoms with E-state index in [1.807, 2.05) is 0 Å². The highest BCUT2D eigenvalue weighted by Gasteiger charge is 2.38. The van der Waals surface area contributed by atoms with Crippen molar-refractivity contribution in [1.82, 2.24) is 4.90 Å². The van der Waals surface area contributed by atoms with E-state index >= 15 is 0 Å². The molecule has 0 radical (unpaired) electrons. The number of ether oxygens (including phenoxy) is 5. The summed E-state index contributed by atoms with van der Waals surface area (Å²) >= 11 is 0. The highest BCUT2D eigenvalue weighted by atomic mass is 16.6. The first kappa shape index (κ1) is 43.4. The number of amides is 1. The molecule has 0 saturated heterocycles. The van der Waals surface area contributed by atoms with Crippen molar-refractivity contribution in [3.05, 3.63) is 0 Å². The number of carbonyl (C=O) groups is 2. The highest BCUT2D eigenvalue weighted by Crippen LogP contribution is 2.12. The van der Waals surface area contributed by atoms with Crippen molar-refractivity contribution in [3.8, 4) is 0 Å². The van der Waals surface area contributed by atoms with Gasteiger partial charge in [-0.15, -0.1) is 0 Å². The number of hydrogen-bond donors (Lipinski definition) is 10. The van der Waals surface area contributed by atoms with Crippen molar-refractivity contribution in [2.45, 2.75) is 81.6 Å². The fourth-order valence-electron chi connectivity index (χ4n) is 3.53. The van der Waals surface area contributed by atoms with Crippen LogP contribution < -0.4 is 0 Å². The Bertz CT molecular complexity index is 785. The number of carbonyl (C=O) groups excluding carboxylic acids is 2. The van der Waals surface area contributed by atoms with Crippen LogP contribution >= 0.6 is 0 Å². The van der Waals surface area contributed by atoms with Crippen LogP contribution in [0.15, 0.2) is 0 Å².